The lowest BCUT2D eigenvalue weighted by Gasteiger charge is -2.38. The van der Waals surface area contributed by atoms with Crippen LogP contribution in [0.5, 0.6) is 0 Å². The van der Waals surface area contributed by atoms with E-state index in [-0.39, 0.29) is 5.76 Å². The summed E-state index contributed by atoms with van der Waals surface area (Å²) in [6.45, 7) is 1.47. The molecule has 12 heteroatoms. The summed E-state index contributed by atoms with van der Waals surface area (Å²) in [5, 5.41) is 13.0. The van der Waals surface area contributed by atoms with Crippen LogP contribution in [-0.2, 0) is 33.3 Å². The van der Waals surface area contributed by atoms with Gasteiger partial charge in [-0.1, -0.05) is 5.11 Å². The summed E-state index contributed by atoms with van der Waals surface area (Å²) in [5.41, 5.74) is 14.7. The Kier molecular flexibility index (Phi) is 7.84. The van der Waals surface area contributed by atoms with E-state index in [0.29, 0.717) is 0 Å². The molecule has 5 atom stereocenters. The zero-order valence-electron chi connectivity index (χ0n) is 14.4. The van der Waals surface area contributed by atoms with Crippen molar-refractivity contribution >= 4 is 17.9 Å². The number of hydrogen-bond donors (Lipinski definition) is 2. The normalized spacial score (nSPS) is 24.0. The molecular weight excluding hydrogens is 352 g/mol. The van der Waals surface area contributed by atoms with Gasteiger partial charge in [-0.25, -0.2) is 4.79 Å². The molecular formula is C14H20N4O8. The molecule has 0 radical (unpaired) electrons. The van der Waals surface area contributed by atoms with Crippen molar-refractivity contribution in [2.24, 2.45) is 10.8 Å². The van der Waals surface area contributed by atoms with Gasteiger partial charge in [0.2, 0.25) is 5.76 Å². The van der Waals surface area contributed by atoms with Crippen molar-refractivity contribution in [3.05, 3.63) is 22.3 Å². The molecule has 0 aliphatic carbocycles. The molecule has 0 amide bonds. The first-order valence-corrected chi connectivity index (χ1v) is 7.47. The van der Waals surface area contributed by atoms with Crippen LogP contribution in [-0.4, -0.2) is 67.1 Å². The highest BCUT2D eigenvalue weighted by Gasteiger charge is 2.45. The molecule has 26 heavy (non-hydrogen) atoms. The molecule has 144 valence electrons. The standard InChI is InChI=1S/C14H20N4O8/c1-6(20)24-10(5-19)12(25-7(2)21)13-11(15)8(17-18-16)4-9(26-13)14(22)23-3/h4,8,10-13,19H,5,15H2,1-3H3/t8-,10+,11+,12+,13+/m0/s1. The highest BCUT2D eigenvalue weighted by Crippen LogP contribution is 2.26. The van der Waals surface area contributed by atoms with E-state index in [2.05, 4.69) is 14.8 Å². The average molecular weight is 372 g/mol. The number of carbonyl (C=O) groups is 3. The number of ether oxygens (including phenoxy) is 4. The van der Waals surface area contributed by atoms with Gasteiger partial charge in [0.25, 0.3) is 0 Å². The van der Waals surface area contributed by atoms with Crippen LogP contribution in [0.15, 0.2) is 16.9 Å². The van der Waals surface area contributed by atoms with E-state index < -0.39 is 54.9 Å². The fourth-order valence-electron chi connectivity index (χ4n) is 2.37. The maximum atomic E-state index is 11.8. The van der Waals surface area contributed by atoms with E-state index in [1.807, 2.05) is 0 Å². The summed E-state index contributed by atoms with van der Waals surface area (Å²) in [6, 6.07) is -2.11. The first-order valence-electron chi connectivity index (χ1n) is 7.47. The van der Waals surface area contributed by atoms with Crippen molar-refractivity contribution in [3.63, 3.8) is 0 Å². The lowest BCUT2D eigenvalue weighted by atomic mass is 9.93. The Balaban J connectivity index is 3.30. The molecule has 12 nitrogen and oxygen atoms in total. The van der Waals surface area contributed by atoms with Crippen molar-refractivity contribution in [2.45, 2.75) is 44.2 Å². The number of nitrogens with zero attached hydrogens (tertiary/aromatic N) is 3. The number of hydrogen-bond acceptors (Lipinski definition) is 10. The monoisotopic (exact) mass is 372 g/mol. The van der Waals surface area contributed by atoms with Gasteiger partial charge in [-0.15, -0.1) is 0 Å². The molecule has 1 aliphatic heterocycles. The van der Waals surface area contributed by atoms with Crippen molar-refractivity contribution in [3.8, 4) is 0 Å². The van der Waals surface area contributed by atoms with E-state index in [0.717, 1.165) is 27.0 Å². The van der Waals surface area contributed by atoms with Crippen molar-refractivity contribution in [2.75, 3.05) is 13.7 Å². The van der Waals surface area contributed by atoms with E-state index in [9.17, 15) is 19.5 Å². The topological polar surface area (TPSA) is 183 Å². The Morgan fingerprint density at radius 2 is 2.00 bits per heavy atom. The molecule has 0 bridgehead atoms. The van der Waals surface area contributed by atoms with Gasteiger partial charge in [-0.2, -0.15) is 0 Å². The Morgan fingerprint density at radius 3 is 2.46 bits per heavy atom. The second-order valence-electron chi connectivity index (χ2n) is 5.28. The second-order valence-corrected chi connectivity index (χ2v) is 5.28. The smallest absolute Gasteiger partial charge is 0.372 e. The summed E-state index contributed by atoms with van der Waals surface area (Å²) >= 11 is 0. The second kappa shape index (κ2) is 9.61. The van der Waals surface area contributed by atoms with Gasteiger partial charge in [0.1, 0.15) is 0 Å². The van der Waals surface area contributed by atoms with Crippen LogP contribution >= 0.6 is 0 Å². The average Bonchev–Trinajstić information content (AvgIpc) is 2.58. The van der Waals surface area contributed by atoms with Gasteiger partial charge >= 0.3 is 17.9 Å². The van der Waals surface area contributed by atoms with Crippen LogP contribution in [0.2, 0.25) is 0 Å². The molecule has 1 aliphatic rings. The Labute approximate surface area is 148 Å². The summed E-state index contributed by atoms with van der Waals surface area (Å²) < 4.78 is 20.1. The third kappa shape index (κ3) is 5.34. The summed E-state index contributed by atoms with van der Waals surface area (Å²) in [6.07, 6.45) is -2.81. The highest BCUT2D eigenvalue weighted by molar-refractivity contribution is 5.86. The van der Waals surface area contributed by atoms with E-state index in [4.69, 9.17) is 25.5 Å². The summed E-state index contributed by atoms with van der Waals surface area (Å²) in [4.78, 5) is 37.2. The highest BCUT2D eigenvalue weighted by atomic mass is 16.6. The van der Waals surface area contributed by atoms with Crippen LogP contribution < -0.4 is 5.73 Å². The van der Waals surface area contributed by atoms with Crippen LogP contribution in [0.1, 0.15) is 13.8 Å². The van der Waals surface area contributed by atoms with Crippen LogP contribution in [0.4, 0.5) is 0 Å². The van der Waals surface area contributed by atoms with Gasteiger partial charge in [0, 0.05) is 18.8 Å². The minimum Gasteiger partial charge on any atom is -0.478 e. The van der Waals surface area contributed by atoms with Crippen LogP contribution in [0, 0.1) is 0 Å². The molecule has 3 N–H and O–H groups in total. The molecule has 0 aromatic rings. The van der Waals surface area contributed by atoms with Crippen LogP contribution in [0.3, 0.4) is 0 Å². The number of esters is 3. The molecule has 1 heterocycles. The quantitative estimate of drug-likeness (QED) is 0.192. The Bertz CT molecular complexity index is 630. The third-order valence-corrected chi connectivity index (χ3v) is 3.42. The molecule has 0 spiro atoms. The van der Waals surface area contributed by atoms with Gasteiger partial charge in [-0.05, 0) is 11.6 Å². The molecule has 0 unspecified atom stereocenters. The number of methoxy groups -OCH3 is 1. The predicted octanol–water partition coefficient (Wildman–Crippen LogP) is -0.696. The number of aliphatic hydroxyl groups excluding tert-OH is 1. The van der Waals surface area contributed by atoms with E-state index in [1.54, 1.807) is 0 Å². The minimum absolute atomic E-state index is 0.326. The van der Waals surface area contributed by atoms with Crippen LogP contribution in [0.25, 0.3) is 10.4 Å². The number of rotatable bonds is 7. The zero-order valence-corrected chi connectivity index (χ0v) is 14.4. The van der Waals surface area contributed by atoms with Crippen molar-refractivity contribution < 1.29 is 38.4 Å². The lowest BCUT2D eigenvalue weighted by Crippen LogP contribution is -2.58. The fraction of sp³-hybridized carbons (Fsp3) is 0.643. The summed E-state index contributed by atoms with van der Waals surface area (Å²) in [7, 11) is 1.11. The molecule has 0 aromatic carbocycles. The molecule has 1 rings (SSSR count). The molecule has 0 aromatic heterocycles. The van der Waals surface area contributed by atoms with Gasteiger partial charge < -0.3 is 29.8 Å². The zero-order chi connectivity index (χ0) is 19.9. The predicted molar refractivity (Wildman–Crippen MR) is 84.1 cm³/mol. The van der Waals surface area contributed by atoms with Gasteiger partial charge in [-0.3, -0.25) is 9.59 Å². The van der Waals surface area contributed by atoms with Crippen molar-refractivity contribution in [1.29, 1.82) is 0 Å². The molecule has 0 saturated carbocycles. The van der Waals surface area contributed by atoms with Crippen molar-refractivity contribution in [1.82, 2.24) is 0 Å². The molecule has 0 fully saturated rings. The number of carbonyl (C=O) groups excluding carboxylic acids is 3. The van der Waals surface area contributed by atoms with E-state index >= 15 is 0 Å². The van der Waals surface area contributed by atoms with E-state index in [1.165, 1.54) is 0 Å². The molecule has 0 saturated heterocycles. The third-order valence-electron chi connectivity index (χ3n) is 3.42. The van der Waals surface area contributed by atoms with Gasteiger partial charge in [0.05, 0.1) is 25.8 Å². The number of nitrogens with two attached hydrogens (primary N) is 1. The fourth-order valence-corrected chi connectivity index (χ4v) is 2.37. The number of aliphatic hydroxyl groups is 1. The minimum atomic E-state index is -1.37. The maximum Gasteiger partial charge on any atom is 0.372 e. The first-order chi connectivity index (χ1) is 12.2. The maximum absolute atomic E-state index is 11.8. The van der Waals surface area contributed by atoms with Gasteiger partial charge in [0.15, 0.2) is 18.3 Å². The largest absolute Gasteiger partial charge is 0.478 e. The number of azide groups is 1. The Hall–Kier alpha value is -2.82. The summed E-state index contributed by atoms with van der Waals surface area (Å²) in [5.74, 6) is -2.73. The Morgan fingerprint density at radius 1 is 1.38 bits per heavy atom. The SMILES string of the molecule is COC(=O)C1=C[C@H](N=[N+]=[N-])[C@@H](N)[C@H]([C@H](OC(C)=O)[C@@H](CO)OC(C)=O)O1. The first kappa shape index (κ1) is 21.2. The lowest BCUT2D eigenvalue weighted by molar-refractivity contribution is -0.183.